The average Bonchev–Trinajstić information content (AvgIpc) is 1.85. The molecule has 1 aliphatic carbocycles. The van der Waals surface area contributed by atoms with Crippen molar-refractivity contribution < 1.29 is 8.78 Å². The second-order valence-electron chi connectivity index (χ2n) is 2.94. The Hall–Kier alpha value is -0.660. The molecule has 0 nitrogen and oxygen atoms in total. The van der Waals surface area contributed by atoms with Gasteiger partial charge in [0.15, 0.2) is 0 Å². The molecule has 0 saturated heterocycles. The summed E-state index contributed by atoms with van der Waals surface area (Å²) in [5, 5.41) is 0. The van der Waals surface area contributed by atoms with Gasteiger partial charge in [-0.1, -0.05) is 19.9 Å². The van der Waals surface area contributed by atoms with E-state index < -0.39 is 12.0 Å². The molecule has 0 aromatic rings. The van der Waals surface area contributed by atoms with Crippen molar-refractivity contribution >= 4 is 0 Å². The first-order chi connectivity index (χ1) is 5.11. The molecule has 0 heterocycles. The molecule has 1 unspecified atom stereocenters. The lowest BCUT2D eigenvalue weighted by atomic mass is 9.88. The summed E-state index contributed by atoms with van der Waals surface area (Å²) in [5.74, 6) is 0.305. The molecule has 61 valence electrons. The van der Waals surface area contributed by atoms with E-state index in [0.29, 0.717) is 5.92 Å². The zero-order valence-corrected chi connectivity index (χ0v) is 6.64. The van der Waals surface area contributed by atoms with E-state index in [2.05, 4.69) is 0 Å². The third-order valence-electron chi connectivity index (χ3n) is 1.73. The van der Waals surface area contributed by atoms with Gasteiger partial charge in [0.2, 0.25) is 0 Å². The van der Waals surface area contributed by atoms with Gasteiger partial charge in [0.05, 0.1) is 0 Å². The standard InChI is InChI=1S/C9H11F2/c1-6(2)8-4-3-7(10)5-9(8)11/h3-6,9H,1-2H3. The summed E-state index contributed by atoms with van der Waals surface area (Å²) in [7, 11) is 0. The summed E-state index contributed by atoms with van der Waals surface area (Å²) in [5.41, 5.74) is 0. The van der Waals surface area contributed by atoms with Crippen LogP contribution >= 0.6 is 0 Å². The second kappa shape index (κ2) is 3.16. The number of allylic oxidation sites excluding steroid dienone is 4. The highest BCUT2D eigenvalue weighted by Gasteiger charge is 2.23. The molecule has 0 aromatic carbocycles. The lowest BCUT2D eigenvalue weighted by Gasteiger charge is -2.20. The molecule has 0 spiro atoms. The molecule has 0 fully saturated rings. The molecule has 0 N–H and O–H groups in total. The van der Waals surface area contributed by atoms with Crippen LogP contribution in [-0.2, 0) is 0 Å². The van der Waals surface area contributed by atoms with E-state index in [4.69, 9.17) is 0 Å². The van der Waals surface area contributed by atoms with Crippen molar-refractivity contribution in [1.82, 2.24) is 0 Å². The van der Waals surface area contributed by atoms with E-state index >= 15 is 0 Å². The summed E-state index contributed by atoms with van der Waals surface area (Å²) in [4.78, 5) is 0. The largest absolute Gasteiger partial charge is 0.242 e. The minimum Gasteiger partial charge on any atom is -0.242 e. The number of hydrogen-bond acceptors (Lipinski definition) is 0. The highest BCUT2D eigenvalue weighted by atomic mass is 19.1. The fourth-order valence-electron chi connectivity index (χ4n) is 1.07. The van der Waals surface area contributed by atoms with Gasteiger partial charge in [-0.15, -0.1) is 0 Å². The van der Waals surface area contributed by atoms with Gasteiger partial charge >= 0.3 is 0 Å². The van der Waals surface area contributed by atoms with Crippen molar-refractivity contribution in [2.75, 3.05) is 0 Å². The zero-order valence-electron chi connectivity index (χ0n) is 6.64. The van der Waals surface area contributed by atoms with Crippen LogP contribution in [-0.4, -0.2) is 6.17 Å². The van der Waals surface area contributed by atoms with Gasteiger partial charge in [-0.05, 0) is 18.1 Å². The third-order valence-corrected chi connectivity index (χ3v) is 1.73. The molecule has 2 heteroatoms. The lowest BCUT2D eigenvalue weighted by Crippen LogP contribution is -2.17. The first-order valence-electron chi connectivity index (χ1n) is 3.67. The SMILES string of the molecule is CC(C)[C]1C=CC(F)=CC1F. The second-order valence-corrected chi connectivity index (χ2v) is 2.94. The van der Waals surface area contributed by atoms with E-state index in [1.165, 1.54) is 12.2 Å². The highest BCUT2D eigenvalue weighted by molar-refractivity contribution is 5.32. The Morgan fingerprint density at radius 2 is 2.00 bits per heavy atom. The fourth-order valence-corrected chi connectivity index (χ4v) is 1.07. The molecule has 0 amide bonds. The van der Waals surface area contributed by atoms with Crippen molar-refractivity contribution in [1.29, 1.82) is 0 Å². The molecule has 1 atom stereocenters. The van der Waals surface area contributed by atoms with E-state index in [9.17, 15) is 8.78 Å². The van der Waals surface area contributed by atoms with Crippen LogP contribution in [0.1, 0.15) is 13.8 Å². The van der Waals surface area contributed by atoms with Crippen molar-refractivity contribution in [2.45, 2.75) is 20.0 Å². The number of alkyl halides is 1. The Balaban J connectivity index is 2.69. The van der Waals surface area contributed by atoms with Gasteiger partial charge in [-0.3, -0.25) is 0 Å². The quantitative estimate of drug-likeness (QED) is 0.549. The first-order valence-corrected chi connectivity index (χ1v) is 3.67. The van der Waals surface area contributed by atoms with Crippen LogP contribution in [0.3, 0.4) is 0 Å². The van der Waals surface area contributed by atoms with E-state index in [0.717, 1.165) is 6.08 Å². The predicted molar refractivity (Wildman–Crippen MR) is 41.3 cm³/mol. The van der Waals surface area contributed by atoms with Gasteiger partial charge in [0.1, 0.15) is 12.0 Å². The molecular formula is C9H11F2. The van der Waals surface area contributed by atoms with Crippen molar-refractivity contribution in [3.8, 4) is 0 Å². The molecule has 1 radical (unpaired) electrons. The minimum absolute atomic E-state index is 0.144. The van der Waals surface area contributed by atoms with Gasteiger partial charge < -0.3 is 0 Å². The van der Waals surface area contributed by atoms with Gasteiger partial charge in [-0.25, -0.2) is 8.78 Å². The summed E-state index contributed by atoms with van der Waals surface area (Å²) in [6.45, 7) is 3.78. The van der Waals surface area contributed by atoms with E-state index in [-0.39, 0.29) is 5.92 Å². The van der Waals surface area contributed by atoms with Crippen LogP contribution in [0.25, 0.3) is 0 Å². The summed E-state index contributed by atoms with van der Waals surface area (Å²) < 4.78 is 25.3. The Morgan fingerprint density at radius 1 is 1.36 bits per heavy atom. The van der Waals surface area contributed by atoms with Gasteiger partial charge in [0, 0.05) is 5.92 Å². The smallest absolute Gasteiger partial charge is 0.132 e. The van der Waals surface area contributed by atoms with E-state index in [1.54, 1.807) is 0 Å². The first kappa shape index (κ1) is 8.44. The zero-order chi connectivity index (χ0) is 8.43. The van der Waals surface area contributed by atoms with Crippen LogP contribution < -0.4 is 0 Å². The summed E-state index contributed by atoms with van der Waals surface area (Å²) in [6, 6.07) is 0. The molecule has 1 aliphatic rings. The van der Waals surface area contributed by atoms with Crippen LogP contribution in [0.5, 0.6) is 0 Å². The maximum absolute atomic E-state index is 12.9. The maximum atomic E-state index is 12.9. The third kappa shape index (κ3) is 1.88. The van der Waals surface area contributed by atoms with Gasteiger partial charge in [-0.2, -0.15) is 0 Å². The molecule has 1 rings (SSSR count). The Morgan fingerprint density at radius 3 is 2.45 bits per heavy atom. The fraction of sp³-hybridized carbons (Fsp3) is 0.444. The number of rotatable bonds is 1. The lowest BCUT2D eigenvalue weighted by molar-refractivity contribution is 0.377. The number of hydrogen-bond donors (Lipinski definition) is 0. The Bertz CT molecular complexity index is 192. The van der Waals surface area contributed by atoms with Gasteiger partial charge in [0.25, 0.3) is 0 Å². The molecule has 0 aromatic heterocycles. The summed E-state index contributed by atoms with van der Waals surface area (Å²) in [6.07, 6.45) is 2.57. The molecular weight excluding hydrogens is 146 g/mol. The molecule has 0 saturated carbocycles. The Labute approximate surface area is 65.6 Å². The monoisotopic (exact) mass is 157 g/mol. The van der Waals surface area contributed by atoms with Crippen LogP contribution in [0, 0.1) is 11.8 Å². The minimum atomic E-state index is -1.24. The van der Waals surface area contributed by atoms with Crippen LogP contribution in [0.2, 0.25) is 0 Å². The topological polar surface area (TPSA) is 0 Å². The van der Waals surface area contributed by atoms with Crippen LogP contribution in [0.15, 0.2) is 24.1 Å². The summed E-state index contributed by atoms with van der Waals surface area (Å²) >= 11 is 0. The normalized spacial score (nSPS) is 25.9. The maximum Gasteiger partial charge on any atom is 0.132 e. The van der Waals surface area contributed by atoms with Crippen LogP contribution in [0.4, 0.5) is 8.78 Å². The molecule has 0 aliphatic heterocycles. The van der Waals surface area contributed by atoms with E-state index in [1.807, 2.05) is 13.8 Å². The number of halogens is 2. The van der Waals surface area contributed by atoms with Crippen molar-refractivity contribution in [3.63, 3.8) is 0 Å². The highest BCUT2D eigenvalue weighted by Crippen LogP contribution is 2.28. The van der Waals surface area contributed by atoms with Crippen molar-refractivity contribution in [2.24, 2.45) is 5.92 Å². The Kier molecular flexibility index (Phi) is 2.42. The van der Waals surface area contributed by atoms with Crippen molar-refractivity contribution in [3.05, 3.63) is 30.0 Å². The predicted octanol–water partition coefficient (Wildman–Crippen LogP) is 2.98. The molecule has 11 heavy (non-hydrogen) atoms. The molecule has 0 bridgehead atoms. The average molecular weight is 157 g/mol.